The van der Waals surface area contributed by atoms with Crippen molar-refractivity contribution in [1.29, 1.82) is 0 Å². The van der Waals surface area contributed by atoms with Crippen molar-refractivity contribution in [2.75, 3.05) is 33.5 Å². The molecule has 3 rings (SSSR count). The van der Waals surface area contributed by atoms with Crippen molar-refractivity contribution in [1.82, 2.24) is 10.3 Å². The van der Waals surface area contributed by atoms with E-state index in [4.69, 9.17) is 14.2 Å². The normalized spacial score (nSPS) is 13.1. The van der Waals surface area contributed by atoms with Crippen molar-refractivity contribution in [3.63, 3.8) is 0 Å². The lowest BCUT2D eigenvalue weighted by Gasteiger charge is -2.18. The van der Waals surface area contributed by atoms with Crippen molar-refractivity contribution in [2.45, 2.75) is 0 Å². The van der Waals surface area contributed by atoms with Crippen LogP contribution in [0.15, 0.2) is 23.1 Å². The first kappa shape index (κ1) is 14.4. The highest BCUT2D eigenvalue weighted by molar-refractivity contribution is 5.97. The fraction of sp³-hybridized carbons (Fsp3) is 0.333. The summed E-state index contributed by atoms with van der Waals surface area (Å²) in [5.41, 5.74) is 0.309. The van der Waals surface area contributed by atoms with E-state index in [-0.39, 0.29) is 11.0 Å². The van der Waals surface area contributed by atoms with Gasteiger partial charge in [-0.15, -0.1) is 0 Å². The first-order chi connectivity index (χ1) is 10.7. The maximum absolute atomic E-state index is 12.5. The highest BCUT2D eigenvalue weighted by Gasteiger charge is 2.17. The first-order valence-electron chi connectivity index (χ1n) is 6.93. The Morgan fingerprint density at radius 3 is 2.77 bits per heavy atom. The zero-order valence-corrected chi connectivity index (χ0v) is 12.1. The highest BCUT2D eigenvalue weighted by Crippen LogP contribution is 2.32. The molecule has 2 N–H and O–H groups in total. The van der Waals surface area contributed by atoms with Gasteiger partial charge < -0.3 is 24.5 Å². The van der Waals surface area contributed by atoms with Gasteiger partial charge in [0.2, 0.25) is 5.43 Å². The molecule has 0 radical (unpaired) electrons. The van der Waals surface area contributed by atoms with Gasteiger partial charge in [0.05, 0.1) is 17.5 Å². The molecular weight excluding hydrogens is 288 g/mol. The third-order valence-electron chi connectivity index (χ3n) is 3.38. The van der Waals surface area contributed by atoms with Gasteiger partial charge in [0, 0.05) is 25.9 Å². The van der Waals surface area contributed by atoms with Crippen molar-refractivity contribution >= 4 is 16.8 Å². The number of ether oxygens (including phenoxy) is 3. The maximum atomic E-state index is 12.5. The summed E-state index contributed by atoms with van der Waals surface area (Å²) in [6.45, 7) is 1.64. The van der Waals surface area contributed by atoms with Crippen LogP contribution in [0.3, 0.4) is 0 Å². The molecule has 0 aliphatic carbocycles. The smallest absolute Gasteiger partial charge is 0.256 e. The SMILES string of the molecule is COCCNC(=O)c1c[nH]c2cc3c(cc2c1=O)OCCO3. The van der Waals surface area contributed by atoms with Crippen LogP contribution >= 0.6 is 0 Å². The number of H-pyrrole nitrogens is 1. The Morgan fingerprint density at radius 1 is 1.32 bits per heavy atom. The van der Waals surface area contributed by atoms with Gasteiger partial charge in [-0.25, -0.2) is 0 Å². The molecule has 0 saturated carbocycles. The molecule has 0 fully saturated rings. The number of aromatic amines is 1. The van der Waals surface area contributed by atoms with Crippen LogP contribution in [-0.4, -0.2) is 44.4 Å². The van der Waals surface area contributed by atoms with Crippen molar-refractivity contribution < 1.29 is 19.0 Å². The predicted octanol–water partition coefficient (Wildman–Crippen LogP) is 0.675. The molecule has 22 heavy (non-hydrogen) atoms. The Morgan fingerprint density at radius 2 is 2.05 bits per heavy atom. The largest absolute Gasteiger partial charge is 0.486 e. The number of hydrogen-bond acceptors (Lipinski definition) is 5. The molecule has 1 aromatic heterocycles. The van der Waals surface area contributed by atoms with E-state index >= 15 is 0 Å². The second-order valence-corrected chi connectivity index (χ2v) is 4.82. The second-order valence-electron chi connectivity index (χ2n) is 4.82. The summed E-state index contributed by atoms with van der Waals surface area (Å²) >= 11 is 0. The lowest BCUT2D eigenvalue weighted by atomic mass is 10.1. The van der Waals surface area contributed by atoms with Crippen molar-refractivity contribution in [3.8, 4) is 11.5 Å². The van der Waals surface area contributed by atoms with Gasteiger partial charge in [0.15, 0.2) is 11.5 Å². The minimum atomic E-state index is -0.435. The molecule has 7 nitrogen and oxygen atoms in total. The summed E-state index contributed by atoms with van der Waals surface area (Å²) in [6, 6.07) is 3.31. The molecule has 0 bridgehead atoms. The molecule has 1 aromatic carbocycles. The Hall–Kier alpha value is -2.54. The number of fused-ring (bicyclic) bond motifs is 2. The molecule has 7 heteroatoms. The highest BCUT2D eigenvalue weighted by atomic mass is 16.6. The number of rotatable bonds is 4. The summed E-state index contributed by atoms with van der Waals surface area (Å²) < 4.78 is 15.8. The molecule has 1 aliphatic heterocycles. The van der Waals surface area contributed by atoms with Crippen LogP contribution in [0.1, 0.15) is 10.4 Å². The van der Waals surface area contributed by atoms with E-state index in [1.54, 1.807) is 19.2 Å². The molecule has 116 valence electrons. The lowest BCUT2D eigenvalue weighted by molar-refractivity contribution is 0.0936. The maximum Gasteiger partial charge on any atom is 0.256 e. The zero-order chi connectivity index (χ0) is 15.5. The van der Waals surface area contributed by atoms with Crippen molar-refractivity contribution in [3.05, 3.63) is 34.1 Å². The minimum absolute atomic E-state index is 0.0558. The summed E-state index contributed by atoms with van der Waals surface area (Å²) in [5.74, 6) is 0.669. The Balaban J connectivity index is 1.98. The van der Waals surface area contributed by atoms with E-state index in [9.17, 15) is 9.59 Å². The molecule has 2 aromatic rings. The average Bonchev–Trinajstić information content (AvgIpc) is 2.54. The Kier molecular flexibility index (Phi) is 3.97. The predicted molar refractivity (Wildman–Crippen MR) is 79.8 cm³/mol. The Labute approximate surface area is 126 Å². The molecule has 0 unspecified atom stereocenters. The molecule has 0 saturated heterocycles. The van der Waals surface area contributed by atoms with Gasteiger partial charge >= 0.3 is 0 Å². The minimum Gasteiger partial charge on any atom is -0.486 e. The molecular formula is C15H16N2O5. The number of hydrogen-bond donors (Lipinski definition) is 2. The van der Waals surface area contributed by atoms with Crippen molar-refractivity contribution in [2.24, 2.45) is 0 Å². The standard InChI is InChI=1S/C15H16N2O5/c1-20-3-2-16-15(19)10-8-17-11-7-13-12(21-4-5-22-13)6-9(11)14(10)18/h6-8H,2-5H2,1H3,(H,16,19)(H,17,18). The second kappa shape index (κ2) is 6.07. The van der Waals surface area contributed by atoms with Gasteiger partial charge in [-0.2, -0.15) is 0 Å². The number of carbonyl (C=O) groups is 1. The topological polar surface area (TPSA) is 89.7 Å². The van der Waals surface area contributed by atoms with Crippen LogP contribution in [0.5, 0.6) is 11.5 Å². The van der Waals surface area contributed by atoms with E-state index < -0.39 is 5.91 Å². The molecule has 0 atom stereocenters. The van der Waals surface area contributed by atoms with Crippen LogP contribution < -0.4 is 20.2 Å². The van der Waals surface area contributed by atoms with E-state index in [1.165, 1.54) is 6.20 Å². The van der Waals surface area contributed by atoms with Crippen LogP contribution in [0.25, 0.3) is 10.9 Å². The van der Waals surface area contributed by atoms with E-state index in [1.807, 2.05) is 0 Å². The number of nitrogens with one attached hydrogen (secondary N) is 2. The molecule has 1 amide bonds. The average molecular weight is 304 g/mol. The number of pyridine rings is 1. The number of aromatic nitrogens is 1. The summed E-state index contributed by atoms with van der Waals surface area (Å²) in [7, 11) is 1.54. The monoisotopic (exact) mass is 304 g/mol. The quantitative estimate of drug-likeness (QED) is 0.811. The van der Waals surface area contributed by atoms with E-state index in [0.717, 1.165) is 0 Å². The third-order valence-corrected chi connectivity index (χ3v) is 3.38. The third kappa shape index (κ3) is 2.62. The lowest BCUT2D eigenvalue weighted by Crippen LogP contribution is -2.31. The van der Waals surface area contributed by atoms with Gasteiger partial charge in [-0.05, 0) is 6.07 Å². The summed E-state index contributed by atoms with van der Waals surface area (Å²) in [5, 5.41) is 3.02. The number of methoxy groups -OCH3 is 1. The molecule has 0 spiro atoms. The molecule has 1 aliphatic rings. The van der Waals surface area contributed by atoms with Crippen LogP contribution in [0.2, 0.25) is 0 Å². The van der Waals surface area contributed by atoms with E-state index in [0.29, 0.717) is 48.8 Å². The number of benzene rings is 1. The zero-order valence-electron chi connectivity index (χ0n) is 12.1. The summed E-state index contributed by atoms with van der Waals surface area (Å²) in [6.07, 6.45) is 1.41. The van der Waals surface area contributed by atoms with Crippen LogP contribution in [0, 0.1) is 0 Å². The fourth-order valence-corrected chi connectivity index (χ4v) is 2.29. The fourth-order valence-electron chi connectivity index (χ4n) is 2.29. The van der Waals surface area contributed by atoms with Gasteiger partial charge in [-0.3, -0.25) is 9.59 Å². The van der Waals surface area contributed by atoms with Gasteiger partial charge in [0.1, 0.15) is 18.8 Å². The van der Waals surface area contributed by atoms with Crippen LogP contribution in [-0.2, 0) is 4.74 Å². The van der Waals surface area contributed by atoms with Crippen LogP contribution in [0.4, 0.5) is 0 Å². The summed E-state index contributed by atoms with van der Waals surface area (Å²) in [4.78, 5) is 27.5. The molecule has 2 heterocycles. The van der Waals surface area contributed by atoms with Gasteiger partial charge in [0.25, 0.3) is 5.91 Å². The van der Waals surface area contributed by atoms with Gasteiger partial charge in [-0.1, -0.05) is 0 Å². The number of carbonyl (C=O) groups excluding carboxylic acids is 1. The first-order valence-corrected chi connectivity index (χ1v) is 6.93. The number of amides is 1. The van der Waals surface area contributed by atoms with E-state index in [2.05, 4.69) is 10.3 Å². The Bertz CT molecular complexity index is 768.